The van der Waals surface area contributed by atoms with E-state index in [0.717, 1.165) is 13.1 Å². The van der Waals surface area contributed by atoms with E-state index < -0.39 is 0 Å². The minimum Gasteiger partial charge on any atom is -0.300 e. The quantitative estimate of drug-likeness (QED) is 0.549. The molecular formula is C27H39N3. The fraction of sp³-hybridized carbons (Fsp3) is 0.556. The minimum absolute atomic E-state index is 0.709. The third-order valence-corrected chi connectivity index (χ3v) is 6.93. The van der Waals surface area contributed by atoms with Crippen molar-refractivity contribution < 1.29 is 0 Å². The van der Waals surface area contributed by atoms with E-state index >= 15 is 0 Å². The molecule has 0 bridgehead atoms. The number of rotatable bonds is 10. The van der Waals surface area contributed by atoms with Gasteiger partial charge in [0, 0.05) is 38.3 Å². The standard InChI is InChI=1S/C27H39N3/c1-2-17-28(22-26-15-9-18-29(26)20-24-11-5-3-6-12-24)23-27-16-10-19-30(27)21-25-13-7-4-8-14-25/h3-8,11-14,26-27H,2,9-10,15-23H2,1H3/t26-,27-/m0/s1. The van der Waals surface area contributed by atoms with Gasteiger partial charge >= 0.3 is 0 Å². The normalized spacial score (nSPS) is 22.9. The van der Waals surface area contributed by atoms with E-state index in [1.54, 1.807) is 0 Å². The molecule has 162 valence electrons. The molecule has 0 aliphatic carbocycles. The molecule has 0 N–H and O–H groups in total. The second kappa shape index (κ2) is 11.1. The van der Waals surface area contributed by atoms with Crippen LogP contribution in [0.3, 0.4) is 0 Å². The lowest BCUT2D eigenvalue weighted by Gasteiger charge is -2.34. The second-order valence-corrected chi connectivity index (χ2v) is 9.26. The highest BCUT2D eigenvalue weighted by Gasteiger charge is 2.30. The van der Waals surface area contributed by atoms with Crippen LogP contribution in [0.15, 0.2) is 60.7 Å². The molecule has 2 aromatic rings. The zero-order valence-electron chi connectivity index (χ0n) is 18.8. The molecule has 4 rings (SSSR count). The highest BCUT2D eigenvalue weighted by Crippen LogP contribution is 2.24. The van der Waals surface area contributed by atoms with Crippen molar-refractivity contribution in [3.8, 4) is 0 Å². The fourth-order valence-corrected chi connectivity index (χ4v) is 5.43. The fourth-order valence-electron chi connectivity index (χ4n) is 5.43. The summed E-state index contributed by atoms with van der Waals surface area (Å²) in [5, 5.41) is 0. The first-order chi connectivity index (χ1) is 14.8. The summed E-state index contributed by atoms with van der Waals surface area (Å²) in [6.45, 7) is 10.7. The van der Waals surface area contributed by atoms with Gasteiger partial charge in [0.15, 0.2) is 0 Å². The third-order valence-electron chi connectivity index (χ3n) is 6.93. The van der Waals surface area contributed by atoms with Gasteiger partial charge in [-0.3, -0.25) is 9.80 Å². The molecule has 30 heavy (non-hydrogen) atoms. The van der Waals surface area contributed by atoms with Crippen molar-refractivity contribution in [1.82, 2.24) is 14.7 Å². The molecule has 2 aliphatic heterocycles. The van der Waals surface area contributed by atoms with E-state index in [2.05, 4.69) is 82.3 Å². The Bertz CT molecular complexity index is 671. The van der Waals surface area contributed by atoms with Gasteiger partial charge in [-0.15, -0.1) is 0 Å². The van der Waals surface area contributed by atoms with Crippen LogP contribution < -0.4 is 0 Å². The predicted octanol–water partition coefficient (Wildman–Crippen LogP) is 5.03. The number of benzene rings is 2. The summed E-state index contributed by atoms with van der Waals surface area (Å²) in [5.74, 6) is 0. The lowest BCUT2D eigenvalue weighted by Crippen LogP contribution is -2.45. The highest BCUT2D eigenvalue weighted by atomic mass is 15.3. The third kappa shape index (κ3) is 5.94. The van der Waals surface area contributed by atoms with Crippen LogP contribution in [0.25, 0.3) is 0 Å². The maximum atomic E-state index is 2.78. The Balaban J connectivity index is 1.34. The molecule has 0 saturated carbocycles. The van der Waals surface area contributed by atoms with Gasteiger partial charge in [-0.2, -0.15) is 0 Å². The molecule has 2 heterocycles. The summed E-state index contributed by atoms with van der Waals surface area (Å²) in [7, 11) is 0. The van der Waals surface area contributed by atoms with Crippen LogP contribution in [0.5, 0.6) is 0 Å². The smallest absolute Gasteiger partial charge is 0.0237 e. The van der Waals surface area contributed by atoms with Crippen LogP contribution in [0.1, 0.15) is 50.2 Å². The van der Waals surface area contributed by atoms with Crippen molar-refractivity contribution in [2.45, 2.75) is 64.2 Å². The Labute approximate surface area is 183 Å². The Hall–Kier alpha value is -1.68. The molecule has 2 saturated heterocycles. The van der Waals surface area contributed by atoms with E-state index in [1.165, 1.54) is 76.0 Å². The van der Waals surface area contributed by atoms with Crippen LogP contribution >= 0.6 is 0 Å². The highest BCUT2D eigenvalue weighted by molar-refractivity contribution is 5.15. The summed E-state index contributed by atoms with van der Waals surface area (Å²) in [5.41, 5.74) is 2.91. The van der Waals surface area contributed by atoms with Crippen molar-refractivity contribution in [2.75, 3.05) is 32.7 Å². The Morgan fingerprint density at radius 2 is 1.20 bits per heavy atom. The zero-order valence-corrected chi connectivity index (χ0v) is 18.8. The van der Waals surface area contributed by atoms with Gasteiger partial charge < -0.3 is 4.90 Å². The van der Waals surface area contributed by atoms with Crippen LogP contribution in [0.2, 0.25) is 0 Å². The second-order valence-electron chi connectivity index (χ2n) is 9.26. The molecule has 2 aromatic carbocycles. The number of hydrogen-bond donors (Lipinski definition) is 0. The molecule has 3 nitrogen and oxygen atoms in total. The van der Waals surface area contributed by atoms with Gasteiger partial charge in [0.2, 0.25) is 0 Å². The van der Waals surface area contributed by atoms with Crippen molar-refractivity contribution in [3.05, 3.63) is 71.8 Å². The molecule has 3 heteroatoms. The van der Waals surface area contributed by atoms with Gasteiger partial charge in [0.1, 0.15) is 0 Å². The maximum Gasteiger partial charge on any atom is 0.0237 e. The first kappa shape index (κ1) is 21.5. The molecule has 2 atom stereocenters. The number of hydrogen-bond acceptors (Lipinski definition) is 3. The molecule has 0 radical (unpaired) electrons. The van der Waals surface area contributed by atoms with Crippen molar-refractivity contribution in [2.24, 2.45) is 0 Å². The van der Waals surface area contributed by atoms with Gasteiger partial charge in [0.05, 0.1) is 0 Å². The molecule has 0 amide bonds. The van der Waals surface area contributed by atoms with Crippen LogP contribution in [0.4, 0.5) is 0 Å². The maximum absolute atomic E-state index is 2.78. The Kier molecular flexibility index (Phi) is 7.96. The summed E-state index contributed by atoms with van der Waals surface area (Å²) in [4.78, 5) is 8.24. The molecule has 0 aromatic heterocycles. The van der Waals surface area contributed by atoms with E-state index in [1.807, 2.05) is 0 Å². The van der Waals surface area contributed by atoms with Gasteiger partial charge in [-0.05, 0) is 62.9 Å². The SMILES string of the molecule is CCCN(C[C@@H]1CCCN1Cc1ccccc1)C[C@@H]1CCCN1Cc1ccccc1. The summed E-state index contributed by atoms with van der Waals surface area (Å²) >= 11 is 0. The van der Waals surface area contributed by atoms with Crippen molar-refractivity contribution in [3.63, 3.8) is 0 Å². The van der Waals surface area contributed by atoms with Crippen LogP contribution in [-0.2, 0) is 13.1 Å². The Morgan fingerprint density at radius 3 is 1.63 bits per heavy atom. The van der Waals surface area contributed by atoms with Gasteiger partial charge in [0.25, 0.3) is 0 Å². The topological polar surface area (TPSA) is 9.72 Å². The minimum atomic E-state index is 0.709. The van der Waals surface area contributed by atoms with Crippen molar-refractivity contribution >= 4 is 0 Å². The molecule has 2 aliphatic rings. The van der Waals surface area contributed by atoms with Crippen molar-refractivity contribution in [1.29, 1.82) is 0 Å². The molecule has 2 fully saturated rings. The van der Waals surface area contributed by atoms with E-state index in [-0.39, 0.29) is 0 Å². The van der Waals surface area contributed by atoms with Gasteiger partial charge in [-0.25, -0.2) is 0 Å². The van der Waals surface area contributed by atoms with Gasteiger partial charge in [-0.1, -0.05) is 67.6 Å². The number of likely N-dealkylation sites (tertiary alicyclic amines) is 2. The molecule has 0 unspecified atom stereocenters. The average molecular weight is 406 g/mol. The zero-order chi connectivity index (χ0) is 20.6. The largest absolute Gasteiger partial charge is 0.300 e. The first-order valence-electron chi connectivity index (χ1n) is 12.1. The van der Waals surface area contributed by atoms with Crippen LogP contribution in [-0.4, -0.2) is 59.5 Å². The predicted molar refractivity (Wildman–Crippen MR) is 126 cm³/mol. The Morgan fingerprint density at radius 1 is 0.733 bits per heavy atom. The van der Waals surface area contributed by atoms with E-state index in [9.17, 15) is 0 Å². The summed E-state index contributed by atoms with van der Waals surface area (Å²) in [6, 6.07) is 23.5. The van der Waals surface area contributed by atoms with Crippen LogP contribution in [0, 0.1) is 0 Å². The summed E-state index contributed by atoms with van der Waals surface area (Å²) in [6.07, 6.45) is 6.65. The summed E-state index contributed by atoms with van der Waals surface area (Å²) < 4.78 is 0. The lowest BCUT2D eigenvalue weighted by molar-refractivity contribution is 0.128. The molecule has 0 spiro atoms. The van der Waals surface area contributed by atoms with E-state index in [4.69, 9.17) is 0 Å². The number of nitrogens with zero attached hydrogens (tertiary/aromatic N) is 3. The monoisotopic (exact) mass is 405 g/mol. The first-order valence-corrected chi connectivity index (χ1v) is 12.1. The van der Waals surface area contributed by atoms with E-state index in [0.29, 0.717) is 12.1 Å². The lowest BCUT2D eigenvalue weighted by atomic mass is 10.1. The molecular weight excluding hydrogens is 366 g/mol. The average Bonchev–Trinajstić information content (AvgIpc) is 3.39.